The van der Waals surface area contributed by atoms with E-state index in [2.05, 4.69) is 57.0 Å². The second kappa shape index (κ2) is 14.7. The highest BCUT2D eigenvalue weighted by atomic mass is 16.5. The van der Waals surface area contributed by atoms with Crippen molar-refractivity contribution in [3.05, 3.63) is 65.9 Å². The number of carbonyl (C=O) groups is 4. The molecule has 0 bridgehead atoms. The van der Waals surface area contributed by atoms with Gasteiger partial charge in [0.25, 0.3) is 0 Å². The highest BCUT2D eigenvalue weighted by Crippen LogP contribution is 2.45. The number of aromatic amines is 2. The minimum absolute atomic E-state index is 0.00779. The summed E-state index contributed by atoms with van der Waals surface area (Å²) >= 11 is 0. The number of alkyl carbamates (subject to hydrolysis) is 2. The molecule has 4 N–H and O–H groups in total. The van der Waals surface area contributed by atoms with E-state index < -0.39 is 24.3 Å². The van der Waals surface area contributed by atoms with Gasteiger partial charge in [0.1, 0.15) is 36.1 Å². The number of rotatable bonds is 7. The number of ether oxygens (including phenoxy) is 3. The molecule has 4 aliphatic rings. The molecule has 5 aromatic rings. The number of carbonyl (C=O) groups excluding carboxylic acids is 4. The molecule has 15 nitrogen and oxygen atoms in total. The number of hydrogen-bond acceptors (Lipinski definition) is 9. The number of H-pyrrole nitrogens is 2. The first-order chi connectivity index (χ1) is 28.0. The zero-order valence-electron chi connectivity index (χ0n) is 33.3. The van der Waals surface area contributed by atoms with Crippen molar-refractivity contribution in [2.45, 2.75) is 89.7 Å². The Morgan fingerprint density at radius 2 is 1.78 bits per heavy atom. The van der Waals surface area contributed by atoms with Crippen molar-refractivity contribution in [3.63, 3.8) is 0 Å². The Hall–Kier alpha value is -6.12. The largest absolute Gasteiger partial charge is 0.488 e. The van der Waals surface area contributed by atoms with E-state index in [-0.39, 0.29) is 41.8 Å². The lowest BCUT2D eigenvalue weighted by Crippen LogP contribution is -2.58. The average Bonchev–Trinajstić information content (AvgIpc) is 4.06. The molecule has 3 aromatic carbocycles. The van der Waals surface area contributed by atoms with Gasteiger partial charge in [-0.1, -0.05) is 39.0 Å². The summed E-state index contributed by atoms with van der Waals surface area (Å²) in [6.45, 7) is 6.78. The highest BCUT2D eigenvalue weighted by Gasteiger charge is 2.48. The van der Waals surface area contributed by atoms with E-state index in [9.17, 15) is 19.2 Å². The number of nitrogens with one attached hydrogen (secondary N) is 4. The first kappa shape index (κ1) is 37.5. The van der Waals surface area contributed by atoms with Crippen LogP contribution in [0.1, 0.15) is 82.2 Å². The number of amides is 4. The van der Waals surface area contributed by atoms with Gasteiger partial charge in [0, 0.05) is 23.5 Å². The summed E-state index contributed by atoms with van der Waals surface area (Å²) in [4.78, 5) is 72.0. The number of piperidine rings is 1. The third kappa shape index (κ3) is 6.36. The molecule has 15 heteroatoms. The van der Waals surface area contributed by atoms with Crippen LogP contribution in [0.2, 0.25) is 0 Å². The third-order valence-corrected chi connectivity index (χ3v) is 12.5. The zero-order chi connectivity index (χ0) is 40.4. The average molecular weight is 789 g/mol. The molecule has 6 atom stereocenters. The second-order valence-electron chi connectivity index (χ2n) is 16.4. The number of methoxy groups -OCH3 is 2. The molecule has 0 aliphatic carbocycles. The van der Waals surface area contributed by atoms with Gasteiger partial charge in [0.15, 0.2) is 0 Å². The van der Waals surface area contributed by atoms with Gasteiger partial charge in [-0.2, -0.15) is 0 Å². The van der Waals surface area contributed by atoms with E-state index >= 15 is 0 Å². The minimum Gasteiger partial charge on any atom is -0.488 e. The van der Waals surface area contributed by atoms with Crippen LogP contribution in [0, 0.1) is 11.8 Å². The van der Waals surface area contributed by atoms with Gasteiger partial charge >= 0.3 is 12.2 Å². The molecular formula is C43H48N8O7. The fourth-order valence-electron chi connectivity index (χ4n) is 9.56. The lowest BCUT2D eigenvalue weighted by Gasteiger charge is -2.41. The van der Waals surface area contributed by atoms with Crippen LogP contribution in [0.15, 0.2) is 48.7 Å². The molecule has 4 aliphatic heterocycles. The Balaban J connectivity index is 0.960. The summed E-state index contributed by atoms with van der Waals surface area (Å²) in [5, 5.41) is 7.47. The summed E-state index contributed by atoms with van der Waals surface area (Å²) in [5.41, 5.74) is 6.65. The molecule has 3 saturated heterocycles. The molecular weight excluding hydrogens is 741 g/mol. The van der Waals surface area contributed by atoms with Crippen LogP contribution in [0.3, 0.4) is 0 Å². The van der Waals surface area contributed by atoms with Crippen LogP contribution in [0.4, 0.5) is 9.59 Å². The number of aromatic nitrogens is 4. The molecule has 9 rings (SSSR count). The van der Waals surface area contributed by atoms with Gasteiger partial charge < -0.3 is 44.6 Å². The number of imidazole rings is 2. The van der Waals surface area contributed by atoms with Crippen molar-refractivity contribution >= 4 is 45.8 Å². The summed E-state index contributed by atoms with van der Waals surface area (Å²) in [6.07, 6.45) is 4.67. The predicted octanol–water partition coefficient (Wildman–Crippen LogP) is 6.51. The molecule has 58 heavy (non-hydrogen) atoms. The number of likely N-dealkylation sites (tertiary alicyclic amines) is 1. The maximum Gasteiger partial charge on any atom is 0.407 e. The maximum atomic E-state index is 13.7. The first-order valence-electron chi connectivity index (χ1n) is 20.1. The monoisotopic (exact) mass is 788 g/mol. The van der Waals surface area contributed by atoms with E-state index in [1.165, 1.54) is 14.2 Å². The topological polar surface area (TPSA) is 184 Å². The van der Waals surface area contributed by atoms with E-state index in [0.29, 0.717) is 13.2 Å². The number of benzene rings is 3. The van der Waals surface area contributed by atoms with Crippen LogP contribution in [0.25, 0.3) is 44.2 Å². The van der Waals surface area contributed by atoms with Crippen molar-refractivity contribution in [1.82, 2.24) is 40.4 Å². The minimum atomic E-state index is -0.707. The fourth-order valence-corrected chi connectivity index (χ4v) is 9.56. The molecule has 0 spiro atoms. The van der Waals surface area contributed by atoms with Crippen LogP contribution in [-0.4, -0.2) is 92.6 Å². The molecule has 4 amide bonds. The molecule has 6 heterocycles. The summed E-state index contributed by atoms with van der Waals surface area (Å²) in [5.74, 6) is 1.88. The second-order valence-corrected chi connectivity index (χ2v) is 16.4. The zero-order valence-corrected chi connectivity index (χ0v) is 33.3. The first-order valence-corrected chi connectivity index (χ1v) is 20.1. The van der Waals surface area contributed by atoms with Crippen molar-refractivity contribution in [3.8, 4) is 28.1 Å². The molecule has 0 saturated carbocycles. The smallest absolute Gasteiger partial charge is 0.407 e. The maximum absolute atomic E-state index is 13.7. The Labute approximate surface area is 335 Å². The van der Waals surface area contributed by atoms with Crippen molar-refractivity contribution in [1.29, 1.82) is 0 Å². The quantitative estimate of drug-likeness (QED) is 0.143. The number of hydrogen-bond donors (Lipinski definition) is 4. The van der Waals surface area contributed by atoms with Gasteiger partial charge in [-0.15, -0.1) is 0 Å². The Bertz CT molecular complexity index is 2460. The van der Waals surface area contributed by atoms with Gasteiger partial charge in [0.05, 0.1) is 49.2 Å². The Morgan fingerprint density at radius 1 is 0.948 bits per heavy atom. The highest BCUT2D eigenvalue weighted by molar-refractivity contribution is 6.07. The van der Waals surface area contributed by atoms with Crippen LogP contribution < -0.4 is 15.4 Å². The lowest BCUT2D eigenvalue weighted by molar-refractivity contribution is -0.142. The number of nitrogens with zero attached hydrogens (tertiary/aromatic N) is 4. The van der Waals surface area contributed by atoms with Crippen molar-refractivity contribution in [2.75, 3.05) is 20.8 Å². The summed E-state index contributed by atoms with van der Waals surface area (Å²) in [6, 6.07) is 13.0. The Kier molecular flexibility index (Phi) is 9.48. The van der Waals surface area contributed by atoms with E-state index in [1.807, 2.05) is 42.8 Å². The molecule has 3 fully saturated rings. The molecule has 302 valence electrons. The predicted molar refractivity (Wildman–Crippen MR) is 215 cm³/mol. The summed E-state index contributed by atoms with van der Waals surface area (Å²) in [7, 11) is 2.59. The third-order valence-electron chi connectivity index (χ3n) is 12.5. The van der Waals surface area contributed by atoms with Crippen LogP contribution in [-0.2, 0) is 25.7 Å². The lowest BCUT2D eigenvalue weighted by atomic mass is 9.88. The standard InChI is InChI=1S/C43H48N8O7/c1-21(2)35(48-42(54)56-4)40(52)50-14-6-7-32(50)39-45-30-12-9-23-17-29-27-11-8-24(16-25(27)20-58-34(29)18-28(23)37(30)47-39)31-19-44-38(46-31)33-13-10-26-15-22(3)36(41(53)51(26)33)49-43(55)57-5/h8-9,11-12,16-19,21-22,26,32-33,35-36H,6-7,10,13-15,20H2,1-5H3,(H,44,46)(H,45,47)(H,48,54)(H,49,55)/t22?,26-,32+,33+,35+,36+/m1/s1. The normalized spacial score (nSPS) is 23.0. The number of fused-ring (bicyclic) bond motifs is 7. The Morgan fingerprint density at radius 3 is 2.57 bits per heavy atom. The van der Waals surface area contributed by atoms with Crippen LogP contribution in [0.5, 0.6) is 5.75 Å². The molecule has 0 radical (unpaired) electrons. The van der Waals surface area contributed by atoms with Crippen LogP contribution >= 0.6 is 0 Å². The van der Waals surface area contributed by atoms with Gasteiger partial charge in [-0.05, 0) is 90.3 Å². The van der Waals surface area contributed by atoms with Crippen molar-refractivity contribution in [2.24, 2.45) is 11.8 Å². The SMILES string of the molecule is COC(=O)N[C@H](C(=O)N1CCC[C@H]1c1nc2ccc3cc4c(cc3c2[nH]1)OCc1cc(-c2cnc([C@@H]3CC[C@@H]5CC(C)[C@H](NC(=O)OC)C(=O)N53)[nH]2)ccc1-4)C(C)C. The van der Waals surface area contributed by atoms with Gasteiger partial charge in [-0.3, -0.25) is 9.59 Å². The van der Waals surface area contributed by atoms with Gasteiger partial charge in [0.2, 0.25) is 11.8 Å². The van der Waals surface area contributed by atoms with Gasteiger partial charge in [-0.25, -0.2) is 19.6 Å². The molecule has 2 aromatic heterocycles. The molecule has 1 unspecified atom stereocenters. The summed E-state index contributed by atoms with van der Waals surface area (Å²) < 4.78 is 16.0. The van der Waals surface area contributed by atoms with Crippen molar-refractivity contribution < 1.29 is 33.4 Å². The fraction of sp³-hybridized carbons (Fsp3) is 0.442. The van der Waals surface area contributed by atoms with E-state index in [0.717, 1.165) is 99.3 Å². The van der Waals surface area contributed by atoms with E-state index in [1.54, 1.807) is 0 Å². The van der Waals surface area contributed by atoms with E-state index in [4.69, 9.17) is 24.2 Å².